The molecule has 1 N–H and O–H groups in total. The third kappa shape index (κ3) is 2.83. The minimum Gasteiger partial charge on any atom is -0.478 e. The number of aromatic carboxylic acids is 1. The zero-order valence-electron chi connectivity index (χ0n) is 8.59. The van der Waals surface area contributed by atoms with Gasteiger partial charge < -0.3 is 9.67 Å². The zero-order valence-corrected chi connectivity index (χ0v) is 11.0. The Bertz CT molecular complexity index is 617. The maximum atomic E-state index is 11.6. The molecular formula is C11H8BrNO3S. The molecule has 0 aliphatic carbocycles. The number of aromatic nitrogens is 1. The van der Waals surface area contributed by atoms with Gasteiger partial charge in [-0.2, -0.15) is 0 Å². The molecule has 0 aromatic carbocycles. The monoisotopic (exact) mass is 313 g/mol. The molecule has 6 heteroatoms. The van der Waals surface area contributed by atoms with Crippen LogP contribution < -0.4 is 5.56 Å². The average molecular weight is 314 g/mol. The summed E-state index contributed by atoms with van der Waals surface area (Å²) in [6, 6.07) is 4.49. The third-order valence-electron chi connectivity index (χ3n) is 2.18. The highest BCUT2D eigenvalue weighted by atomic mass is 79.9. The van der Waals surface area contributed by atoms with Crippen molar-refractivity contribution in [2.75, 3.05) is 0 Å². The van der Waals surface area contributed by atoms with Gasteiger partial charge >= 0.3 is 5.97 Å². The van der Waals surface area contributed by atoms with E-state index < -0.39 is 5.97 Å². The summed E-state index contributed by atoms with van der Waals surface area (Å²) in [6.07, 6.45) is 1.36. The Kier molecular flexibility index (Phi) is 3.44. The minimum absolute atomic E-state index is 0.111. The summed E-state index contributed by atoms with van der Waals surface area (Å²) in [6.45, 7) is 0.385. The highest BCUT2D eigenvalue weighted by Crippen LogP contribution is 2.20. The largest absolute Gasteiger partial charge is 0.478 e. The predicted molar refractivity (Wildman–Crippen MR) is 68.8 cm³/mol. The molecule has 0 amide bonds. The molecule has 0 saturated carbocycles. The maximum absolute atomic E-state index is 11.6. The van der Waals surface area contributed by atoms with Gasteiger partial charge in [0, 0.05) is 27.0 Å². The van der Waals surface area contributed by atoms with Crippen LogP contribution >= 0.6 is 27.3 Å². The fourth-order valence-corrected chi connectivity index (χ4v) is 2.83. The number of halogens is 1. The van der Waals surface area contributed by atoms with Crippen LogP contribution in [0.5, 0.6) is 0 Å². The first-order valence-electron chi connectivity index (χ1n) is 4.73. The summed E-state index contributed by atoms with van der Waals surface area (Å²) >= 11 is 4.84. The Morgan fingerprint density at radius 3 is 2.82 bits per heavy atom. The van der Waals surface area contributed by atoms with Gasteiger partial charge in [-0.05, 0) is 28.1 Å². The van der Waals surface area contributed by atoms with Gasteiger partial charge in [-0.3, -0.25) is 4.79 Å². The summed E-state index contributed by atoms with van der Waals surface area (Å²) in [4.78, 5) is 23.4. The van der Waals surface area contributed by atoms with E-state index in [0.29, 0.717) is 6.54 Å². The molecule has 4 nitrogen and oxygen atoms in total. The van der Waals surface area contributed by atoms with E-state index in [1.54, 1.807) is 0 Å². The van der Waals surface area contributed by atoms with Gasteiger partial charge in [0.25, 0.3) is 5.56 Å². The number of carboxylic acids is 1. The van der Waals surface area contributed by atoms with E-state index in [0.717, 1.165) is 9.35 Å². The van der Waals surface area contributed by atoms with Crippen LogP contribution in [0, 0.1) is 0 Å². The van der Waals surface area contributed by atoms with Crippen molar-refractivity contribution in [2.45, 2.75) is 6.54 Å². The van der Waals surface area contributed by atoms with Crippen LogP contribution in [0.25, 0.3) is 0 Å². The molecule has 0 saturated heterocycles. The summed E-state index contributed by atoms with van der Waals surface area (Å²) in [5.41, 5.74) is -0.0975. The molecule has 88 valence electrons. The van der Waals surface area contributed by atoms with Gasteiger partial charge in [0.2, 0.25) is 0 Å². The van der Waals surface area contributed by atoms with Crippen LogP contribution in [0.3, 0.4) is 0 Å². The van der Waals surface area contributed by atoms with Crippen LogP contribution in [-0.2, 0) is 6.54 Å². The molecule has 0 radical (unpaired) electrons. The smallest absolute Gasteiger partial charge is 0.337 e. The number of thiophene rings is 1. The standard InChI is InChI=1S/C11H8BrNO3S/c12-8-3-9(17-6-8)5-13-4-7(11(15)16)1-2-10(13)14/h1-4,6H,5H2,(H,15,16). The van der Waals surface area contributed by atoms with E-state index in [1.165, 1.54) is 34.2 Å². The first-order chi connectivity index (χ1) is 8.06. The van der Waals surface area contributed by atoms with Gasteiger partial charge in [0.1, 0.15) is 0 Å². The first-order valence-corrected chi connectivity index (χ1v) is 6.40. The summed E-state index contributed by atoms with van der Waals surface area (Å²) < 4.78 is 2.35. The normalized spacial score (nSPS) is 10.4. The molecule has 0 unspecified atom stereocenters. The van der Waals surface area contributed by atoms with E-state index in [9.17, 15) is 9.59 Å². The van der Waals surface area contributed by atoms with E-state index in [4.69, 9.17) is 5.11 Å². The molecule has 2 heterocycles. The highest BCUT2D eigenvalue weighted by Gasteiger charge is 2.06. The van der Waals surface area contributed by atoms with Crippen molar-refractivity contribution in [2.24, 2.45) is 0 Å². The molecule has 0 spiro atoms. The lowest BCUT2D eigenvalue weighted by atomic mass is 10.3. The van der Waals surface area contributed by atoms with E-state index in [2.05, 4.69) is 15.9 Å². The molecule has 0 atom stereocenters. The number of hydrogen-bond acceptors (Lipinski definition) is 3. The maximum Gasteiger partial charge on any atom is 0.337 e. The predicted octanol–water partition coefficient (Wildman–Crippen LogP) is 2.42. The van der Waals surface area contributed by atoms with Gasteiger partial charge in [0.15, 0.2) is 0 Å². The van der Waals surface area contributed by atoms with Crippen molar-refractivity contribution in [1.82, 2.24) is 4.57 Å². The van der Waals surface area contributed by atoms with Gasteiger partial charge in [0.05, 0.1) is 12.1 Å². The lowest BCUT2D eigenvalue weighted by Crippen LogP contribution is -2.20. The second kappa shape index (κ2) is 4.85. The van der Waals surface area contributed by atoms with Crippen molar-refractivity contribution in [1.29, 1.82) is 0 Å². The van der Waals surface area contributed by atoms with Gasteiger partial charge in [-0.25, -0.2) is 4.79 Å². The lowest BCUT2D eigenvalue weighted by Gasteiger charge is -2.04. The molecular weight excluding hydrogens is 306 g/mol. The summed E-state index contributed by atoms with van der Waals surface area (Å²) in [7, 11) is 0. The Morgan fingerprint density at radius 2 is 2.24 bits per heavy atom. The number of hydrogen-bond donors (Lipinski definition) is 1. The van der Waals surface area contributed by atoms with E-state index in [-0.39, 0.29) is 11.1 Å². The summed E-state index contributed by atoms with van der Waals surface area (Å²) in [5, 5.41) is 10.8. The Hall–Kier alpha value is -1.40. The quantitative estimate of drug-likeness (QED) is 0.946. The first kappa shape index (κ1) is 12.1. The van der Waals surface area contributed by atoms with Crippen LogP contribution in [0.2, 0.25) is 0 Å². The second-order valence-electron chi connectivity index (χ2n) is 3.42. The fourth-order valence-electron chi connectivity index (χ4n) is 1.39. The number of carboxylic acid groups (broad SMARTS) is 1. The third-order valence-corrected chi connectivity index (χ3v) is 3.86. The molecule has 17 heavy (non-hydrogen) atoms. The van der Waals surface area contributed by atoms with Crippen molar-refractivity contribution in [3.63, 3.8) is 0 Å². The zero-order chi connectivity index (χ0) is 12.4. The molecule has 2 aromatic heterocycles. The minimum atomic E-state index is -1.04. The Morgan fingerprint density at radius 1 is 1.47 bits per heavy atom. The number of carbonyl (C=O) groups is 1. The molecule has 0 aliphatic rings. The fraction of sp³-hybridized carbons (Fsp3) is 0.0909. The molecule has 0 bridgehead atoms. The van der Waals surface area contributed by atoms with Crippen LogP contribution in [0.15, 0.2) is 39.0 Å². The molecule has 0 aliphatic heterocycles. The molecule has 2 rings (SSSR count). The van der Waals surface area contributed by atoms with Crippen molar-refractivity contribution in [3.8, 4) is 0 Å². The van der Waals surface area contributed by atoms with Crippen molar-refractivity contribution in [3.05, 3.63) is 55.0 Å². The van der Waals surface area contributed by atoms with Crippen LogP contribution in [0.4, 0.5) is 0 Å². The number of pyridine rings is 1. The van der Waals surface area contributed by atoms with E-state index >= 15 is 0 Å². The van der Waals surface area contributed by atoms with Gasteiger partial charge in [-0.1, -0.05) is 0 Å². The summed E-state index contributed by atoms with van der Waals surface area (Å²) in [5.74, 6) is -1.04. The van der Waals surface area contributed by atoms with Crippen LogP contribution in [0.1, 0.15) is 15.2 Å². The SMILES string of the molecule is O=C(O)c1ccc(=O)n(Cc2cc(Br)cs2)c1. The number of nitrogens with zero attached hydrogens (tertiary/aromatic N) is 1. The van der Waals surface area contributed by atoms with E-state index in [1.807, 2.05) is 11.4 Å². The van der Waals surface area contributed by atoms with Gasteiger partial charge in [-0.15, -0.1) is 11.3 Å². The molecule has 2 aromatic rings. The Balaban J connectivity index is 2.35. The van der Waals surface area contributed by atoms with Crippen LogP contribution in [-0.4, -0.2) is 15.6 Å². The lowest BCUT2D eigenvalue weighted by molar-refractivity contribution is 0.0696. The average Bonchev–Trinajstić information content (AvgIpc) is 2.67. The van der Waals surface area contributed by atoms with Crippen molar-refractivity contribution >= 4 is 33.2 Å². The highest BCUT2D eigenvalue weighted by molar-refractivity contribution is 9.10. The topological polar surface area (TPSA) is 59.3 Å². The molecule has 0 fully saturated rings. The second-order valence-corrected chi connectivity index (χ2v) is 5.33. The number of rotatable bonds is 3. The van der Waals surface area contributed by atoms with Crippen molar-refractivity contribution < 1.29 is 9.90 Å². The Labute approximate surface area is 109 Å².